The number of hydrogen-bond acceptors (Lipinski definition) is 5. The molecule has 5 nitrogen and oxygen atoms in total. The van der Waals surface area contributed by atoms with Gasteiger partial charge in [-0.3, -0.25) is 4.79 Å². The highest BCUT2D eigenvalue weighted by Crippen LogP contribution is 2.31. The van der Waals surface area contributed by atoms with Crippen LogP contribution in [-0.2, 0) is 30.6 Å². The number of aromatic nitrogens is 2. The second-order valence-electron chi connectivity index (χ2n) is 7.99. The van der Waals surface area contributed by atoms with Gasteiger partial charge in [0, 0.05) is 42.3 Å². The van der Waals surface area contributed by atoms with Gasteiger partial charge < -0.3 is 9.80 Å². The number of carbonyl (C=O) groups excluding carboxylic acids is 1. The standard InChI is InChI=1S/C21H26N4OS/c26-21(25-10-7-19-15(12-25)8-11-27-19)16-4-3-9-24(13-16)20-17-5-1-2-6-18(17)22-14-23-20/h8,11,14,16H,1-7,9-10,12-13H2. The Morgan fingerprint density at radius 2 is 2.04 bits per heavy atom. The van der Waals surface area contributed by atoms with Crippen molar-refractivity contribution in [1.29, 1.82) is 0 Å². The Bertz CT molecular complexity index is 848. The second kappa shape index (κ2) is 7.23. The van der Waals surface area contributed by atoms with Crippen LogP contribution in [0.15, 0.2) is 17.8 Å². The van der Waals surface area contributed by atoms with E-state index >= 15 is 0 Å². The van der Waals surface area contributed by atoms with Crippen molar-refractivity contribution >= 4 is 23.1 Å². The molecule has 2 aromatic heterocycles. The van der Waals surface area contributed by atoms with Crippen LogP contribution in [0.5, 0.6) is 0 Å². The zero-order valence-electron chi connectivity index (χ0n) is 15.7. The summed E-state index contributed by atoms with van der Waals surface area (Å²) in [5.74, 6) is 1.52. The van der Waals surface area contributed by atoms with Crippen molar-refractivity contribution < 1.29 is 4.79 Å². The highest BCUT2D eigenvalue weighted by atomic mass is 32.1. The van der Waals surface area contributed by atoms with Gasteiger partial charge in [0.25, 0.3) is 0 Å². The molecule has 0 radical (unpaired) electrons. The third-order valence-corrected chi connectivity index (χ3v) is 7.31. The van der Waals surface area contributed by atoms with E-state index in [1.54, 1.807) is 6.33 Å². The Balaban J connectivity index is 1.32. The quantitative estimate of drug-likeness (QED) is 0.800. The van der Waals surface area contributed by atoms with Gasteiger partial charge in [0.1, 0.15) is 12.1 Å². The van der Waals surface area contributed by atoms with Gasteiger partial charge in [0.05, 0.1) is 5.92 Å². The van der Waals surface area contributed by atoms with Gasteiger partial charge in [-0.2, -0.15) is 0 Å². The lowest BCUT2D eigenvalue weighted by atomic mass is 9.93. The van der Waals surface area contributed by atoms with Crippen LogP contribution in [0.25, 0.3) is 0 Å². The molecule has 3 aliphatic rings. The predicted octanol–water partition coefficient (Wildman–Crippen LogP) is 3.22. The number of thiophene rings is 1. The maximum Gasteiger partial charge on any atom is 0.227 e. The summed E-state index contributed by atoms with van der Waals surface area (Å²) in [7, 11) is 0. The van der Waals surface area contributed by atoms with Crippen LogP contribution in [0.1, 0.15) is 47.4 Å². The van der Waals surface area contributed by atoms with E-state index in [4.69, 9.17) is 0 Å². The van der Waals surface area contributed by atoms with E-state index in [-0.39, 0.29) is 5.92 Å². The summed E-state index contributed by atoms with van der Waals surface area (Å²) in [6.07, 6.45) is 9.38. The molecule has 27 heavy (non-hydrogen) atoms. The first-order chi connectivity index (χ1) is 13.3. The third-order valence-electron chi connectivity index (χ3n) is 6.29. The number of amides is 1. The number of rotatable bonds is 2. The summed E-state index contributed by atoms with van der Waals surface area (Å²) >= 11 is 1.83. The Labute approximate surface area is 164 Å². The van der Waals surface area contributed by atoms with E-state index in [9.17, 15) is 4.79 Å². The maximum atomic E-state index is 13.2. The molecule has 2 aliphatic heterocycles. The first kappa shape index (κ1) is 17.2. The molecule has 0 spiro atoms. The van der Waals surface area contributed by atoms with Crippen molar-refractivity contribution in [2.24, 2.45) is 5.92 Å². The average Bonchev–Trinajstić information content (AvgIpc) is 3.21. The van der Waals surface area contributed by atoms with Crippen LogP contribution in [0, 0.1) is 5.92 Å². The molecule has 0 bridgehead atoms. The lowest BCUT2D eigenvalue weighted by Crippen LogP contribution is -2.46. The molecule has 0 saturated carbocycles. The molecule has 5 rings (SSSR count). The Hall–Kier alpha value is -1.95. The van der Waals surface area contributed by atoms with Gasteiger partial charge in [-0.15, -0.1) is 11.3 Å². The Kier molecular flexibility index (Phi) is 4.60. The summed E-state index contributed by atoms with van der Waals surface area (Å²) in [5, 5.41) is 2.15. The van der Waals surface area contributed by atoms with Gasteiger partial charge in [0.15, 0.2) is 0 Å². The molecule has 1 atom stereocenters. The molecule has 1 unspecified atom stereocenters. The summed E-state index contributed by atoms with van der Waals surface area (Å²) in [6, 6.07) is 2.18. The van der Waals surface area contributed by atoms with E-state index in [1.807, 2.05) is 11.3 Å². The van der Waals surface area contributed by atoms with Crippen LogP contribution in [0.2, 0.25) is 0 Å². The molecule has 142 valence electrons. The number of anilines is 1. The highest BCUT2D eigenvalue weighted by Gasteiger charge is 2.32. The first-order valence-corrected chi connectivity index (χ1v) is 11.1. The van der Waals surface area contributed by atoms with Crippen LogP contribution < -0.4 is 4.90 Å². The van der Waals surface area contributed by atoms with E-state index in [0.29, 0.717) is 5.91 Å². The first-order valence-electron chi connectivity index (χ1n) is 10.2. The van der Waals surface area contributed by atoms with Gasteiger partial charge in [-0.05, 0) is 62.0 Å². The fraction of sp³-hybridized carbons (Fsp3) is 0.571. The zero-order valence-corrected chi connectivity index (χ0v) is 16.5. The van der Waals surface area contributed by atoms with Crippen molar-refractivity contribution in [3.63, 3.8) is 0 Å². The lowest BCUT2D eigenvalue weighted by Gasteiger charge is -2.37. The molecule has 1 saturated heterocycles. The minimum Gasteiger partial charge on any atom is -0.355 e. The predicted molar refractivity (Wildman–Crippen MR) is 107 cm³/mol. The Morgan fingerprint density at radius 3 is 3.00 bits per heavy atom. The zero-order chi connectivity index (χ0) is 18.2. The summed E-state index contributed by atoms with van der Waals surface area (Å²) in [6.45, 7) is 3.46. The summed E-state index contributed by atoms with van der Waals surface area (Å²) in [5.41, 5.74) is 3.90. The number of fused-ring (bicyclic) bond motifs is 2. The van der Waals surface area contributed by atoms with Gasteiger partial charge in [-0.1, -0.05) is 0 Å². The van der Waals surface area contributed by atoms with Crippen molar-refractivity contribution in [3.8, 4) is 0 Å². The molecule has 1 aliphatic carbocycles. The van der Waals surface area contributed by atoms with Crippen LogP contribution >= 0.6 is 11.3 Å². The van der Waals surface area contributed by atoms with E-state index in [2.05, 4.69) is 31.2 Å². The third kappa shape index (κ3) is 3.24. The maximum absolute atomic E-state index is 13.2. The van der Waals surface area contributed by atoms with Crippen LogP contribution in [-0.4, -0.2) is 40.4 Å². The van der Waals surface area contributed by atoms with Crippen molar-refractivity contribution in [1.82, 2.24) is 14.9 Å². The van der Waals surface area contributed by atoms with Crippen LogP contribution in [0.4, 0.5) is 5.82 Å². The van der Waals surface area contributed by atoms with Gasteiger partial charge in [-0.25, -0.2) is 9.97 Å². The molecule has 0 aromatic carbocycles. The number of aryl methyl sites for hydroxylation is 1. The van der Waals surface area contributed by atoms with E-state index < -0.39 is 0 Å². The molecule has 2 aromatic rings. The molecule has 4 heterocycles. The highest BCUT2D eigenvalue weighted by molar-refractivity contribution is 7.10. The smallest absolute Gasteiger partial charge is 0.227 e. The van der Waals surface area contributed by atoms with Crippen molar-refractivity contribution in [2.75, 3.05) is 24.5 Å². The topological polar surface area (TPSA) is 49.3 Å². The van der Waals surface area contributed by atoms with E-state index in [1.165, 1.54) is 34.5 Å². The molecule has 6 heteroatoms. The molecular formula is C21H26N4OS. The monoisotopic (exact) mass is 382 g/mol. The molecule has 1 fully saturated rings. The van der Waals surface area contributed by atoms with E-state index in [0.717, 1.165) is 64.1 Å². The summed E-state index contributed by atoms with van der Waals surface area (Å²) in [4.78, 5) is 28.3. The second-order valence-corrected chi connectivity index (χ2v) is 8.99. The minimum atomic E-state index is 0.0909. The van der Waals surface area contributed by atoms with Crippen LogP contribution in [0.3, 0.4) is 0 Å². The fourth-order valence-electron chi connectivity index (χ4n) is 4.84. The van der Waals surface area contributed by atoms with Crippen molar-refractivity contribution in [3.05, 3.63) is 39.5 Å². The lowest BCUT2D eigenvalue weighted by molar-refractivity contribution is -0.136. The largest absolute Gasteiger partial charge is 0.355 e. The number of carbonyl (C=O) groups is 1. The fourth-order valence-corrected chi connectivity index (χ4v) is 5.73. The minimum absolute atomic E-state index is 0.0909. The normalized spacial score (nSPS) is 22.3. The average molecular weight is 383 g/mol. The number of hydrogen-bond donors (Lipinski definition) is 0. The SMILES string of the molecule is O=C(C1CCCN(c2ncnc3c2CCCC3)C1)N1CCc2sccc2C1. The van der Waals surface area contributed by atoms with Gasteiger partial charge in [0.2, 0.25) is 5.91 Å². The van der Waals surface area contributed by atoms with Crippen molar-refractivity contribution in [2.45, 2.75) is 51.5 Å². The van der Waals surface area contributed by atoms with Gasteiger partial charge >= 0.3 is 0 Å². The Morgan fingerprint density at radius 1 is 1.11 bits per heavy atom. The number of nitrogens with zero attached hydrogens (tertiary/aromatic N) is 4. The molecular weight excluding hydrogens is 356 g/mol. The summed E-state index contributed by atoms with van der Waals surface area (Å²) < 4.78 is 0. The molecule has 1 amide bonds. The molecule has 0 N–H and O–H groups in total. The number of piperidine rings is 1.